The van der Waals surface area contributed by atoms with Crippen molar-refractivity contribution in [3.8, 4) is 0 Å². The summed E-state index contributed by atoms with van der Waals surface area (Å²) in [6, 6.07) is 9.24. The number of nitrogens with one attached hydrogen (secondary N) is 2. The lowest BCUT2D eigenvalue weighted by molar-refractivity contribution is 0.524. The first-order valence-electron chi connectivity index (χ1n) is 5.89. The molecule has 1 aliphatic carbocycles. The van der Waals surface area contributed by atoms with Gasteiger partial charge in [-0.05, 0) is 24.5 Å². The van der Waals surface area contributed by atoms with Gasteiger partial charge < -0.3 is 10.6 Å². The molecule has 0 unspecified atom stereocenters. The molecule has 1 aliphatic rings. The van der Waals surface area contributed by atoms with Gasteiger partial charge in [0.05, 0.1) is 0 Å². The number of para-hydroxylation sites is 1. The second kappa shape index (κ2) is 5.17. The van der Waals surface area contributed by atoms with Gasteiger partial charge in [-0.1, -0.05) is 31.0 Å². The molecule has 2 N–H and O–H groups in total. The van der Waals surface area contributed by atoms with E-state index in [1.54, 1.807) is 0 Å². The van der Waals surface area contributed by atoms with Gasteiger partial charge >= 0.3 is 0 Å². The van der Waals surface area contributed by atoms with Crippen molar-refractivity contribution >= 4 is 5.69 Å². The van der Waals surface area contributed by atoms with E-state index in [1.807, 2.05) is 7.05 Å². The molecule has 0 spiro atoms. The predicted octanol–water partition coefficient (Wildman–Crippen LogP) is 2.76. The summed E-state index contributed by atoms with van der Waals surface area (Å²) in [6.45, 7) is 0.988. The quantitative estimate of drug-likeness (QED) is 0.788. The highest BCUT2D eigenvalue weighted by molar-refractivity contribution is 5.50. The molecule has 82 valence electrons. The van der Waals surface area contributed by atoms with Gasteiger partial charge in [-0.2, -0.15) is 0 Å². The first kappa shape index (κ1) is 10.5. The number of benzene rings is 1. The third-order valence-corrected chi connectivity index (χ3v) is 3.22. The molecule has 0 atom stereocenters. The van der Waals surface area contributed by atoms with E-state index in [9.17, 15) is 0 Å². The zero-order valence-electron chi connectivity index (χ0n) is 9.42. The summed E-state index contributed by atoms with van der Waals surface area (Å²) in [5, 5.41) is 6.86. The standard InChI is InChI=1S/C13H20N2/c1-14-13-9-5-2-6-11(13)10-15-12-7-3-4-8-12/h2,5-6,9,12,14-15H,3-4,7-8,10H2,1H3. The van der Waals surface area contributed by atoms with Crippen molar-refractivity contribution in [2.75, 3.05) is 12.4 Å². The van der Waals surface area contributed by atoms with Gasteiger partial charge in [-0.15, -0.1) is 0 Å². The topological polar surface area (TPSA) is 24.1 Å². The fourth-order valence-electron chi connectivity index (χ4n) is 2.30. The van der Waals surface area contributed by atoms with Gasteiger partial charge in [-0.25, -0.2) is 0 Å². The molecule has 2 heteroatoms. The van der Waals surface area contributed by atoms with E-state index in [2.05, 4.69) is 34.9 Å². The molecule has 0 radical (unpaired) electrons. The second-order valence-corrected chi connectivity index (χ2v) is 4.27. The highest BCUT2D eigenvalue weighted by Crippen LogP contribution is 2.19. The van der Waals surface area contributed by atoms with Crippen LogP contribution in [0.2, 0.25) is 0 Å². The van der Waals surface area contributed by atoms with Crippen LogP contribution in [-0.2, 0) is 6.54 Å². The Labute approximate surface area is 92.1 Å². The maximum absolute atomic E-state index is 3.63. The number of anilines is 1. The van der Waals surface area contributed by atoms with Crippen molar-refractivity contribution in [3.05, 3.63) is 29.8 Å². The first-order chi connectivity index (χ1) is 7.40. The Balaban J connectivity index is 1.91. The van der Waals surface area contributed by atoms with Crippen LogP contribution in [-0.4, -0.2) is 13.1 Å². The summed E-state index contributed by atoms with van der Waals surface area (Å²) in [4.78, 5) is 0. The Bertz CT molecular complexity index is 303. The van der Waals surface area contributed by atoms with Gasteiger partial charge in [0.15, 0.2) is 0 Å². The van der Waals surface area contributed by atoms with Gasteiger partial charge in [0.2, 0.25) is 0 Å². The minimum absolute atomic E-state index is 0.745. The maximum atomic E-state index is 3.63. The van der Waals surface area contributed by atoms with Crippen molar-refractivity contribution in [1.82, 2.24) is 5.32 Å². The predicted molar refractivity (Wildman–Crippen MR) is 65.1 cm³/mol. The SMILES string of the molecule is CNc1ccccc1CNC1CCCC1. The second-order valence-electron chi connectivity index (χ2n) is 4.27. The average molecular weight is 204 g/mol. The van der Waals surface area contributed by atoms with Crippen LogP contribution >= 0.6 is 0 Å². The fraction of sp³-hybridized carbons (Fsp3) is 0.538. The van der Waals surface area contributed by atoms with Crippen LogP contribution in [0.25, 0.3) is 0 Å². The molecule has 2 rings (SSSR count). The van der Waals surface area contributed by atoms with Crippen LogP contribution in [0.5, 0.6) is 0 Å². The Morgan fingerprint density at radius 1 is 1.20 bits per heavy atom. The molecule has 1 aromatic rings. The van der Waals surface area contributed by atoms with Gasteiger partial charge in [0.1, 0.15) is 0 Å². The lowest BCUT2D eigenvalue weighted by atomic mass is 10.1. The molecule has 0 saturated heterocycles. The molecule has 0 heterocycles. The third-order valence-electron chi connectivity index (χ3n) is 3.22. The molecule has 0 bridgehead atoms. The summed E-state index contributed by atoms with van der Waals surface area (Å²) in [5.41, 5.74) is 2.61. The van der Waals surface area contributed by atoms with E-state index in [4.69, 9.17) is 0 Å². The highest BCUT2D eigenvalue weighted by atomic mass is 14.9. The molecule has 0 aromatic heterocycles. The van der Waals surface area contributed by atoms with Crippen LogP contribution in [0, 0.1) is 0 Å². The number of hydrogen-bond acceptors (Lipinski definition) is 2. The van der Waals surface area contributed by atoms with Crippen LogP contribution in [0.3, 0.4) is 0 Å². The highest BCUT2D eigenvalue weighted by Gasteiger charge is 2.14. The molecular weight excluding hydrogens is 184 g/mol. The van der Waals surface area contributed by atoms with Crippen molar-refractivity contribution in [3.63, 3.8) is 0 Å². The summed E-state index contributed by atoms with van der Waals surface area (Å²) in [5.74, 6) is 0. The van der Waals surface area contributed by atoms with Crippen molar-refractivity contribution in [2.24, 2.45) is 0 Å². The largest absolute Gasteiger partial charge is 0.388 e. The van der Waals surface area contributed by atoms with Crippen LogP contribution in [0.1, 0.15) is 31.2 Å². The van der Waals surface area contributed by atoms with E-state index in [0.717, 1.165) is 12.6 Å². The minimum Gasteiger partial charge on any atom is -0.388 e. The van der Waals surface area contributed by atoms with Gasteiger partial charge in [0, 0.05) is 25.3 Å². The summed E-state index contributed by atoms with van der Waals surface area (Å²) < 4.78 is 0. The fourth-order valence-corrected chi connectivity index (χ4v) is 2.30. The van der Waals surface area contributed by atoms with Crippen LogP contribution < -0.4 is 10.6 Å². The molecule has 1 aromatic carbocycles. The Hall–Kier alpha value is -1.02. The molecular formula is C13H20N2. The van der Waals surface area contributed by atoms with E-state index in [0.29, 0.717) is 0 Å². The van der Waals surface area contributed by atoms with E-state index >= 15 is 0 Å². The Morgan fingerprint density at radius 2 is 1.93 bits per heavy atom. The molecule has 15 heavy (non-hydrogen) atoms. The summed E-state index contributed by atoms with van der Waals surface area (Å²) >= 11 is 0. The Morgan fingerprint density at radius 3 is 2.67 bits per heavy atom. The van der Waals surface area contributed by atoms with Crippen molar-refractivity contribution < 1.29 is 0 Å². The average Bonchev–Trinajstić information content (AvgIpc) is 2.79. The molecule has 0 amide bonds. The molecule has 0 aliphatic heterocycles. The first-order valence-corrected chi connectivity index (χ1v) is 5.89. The lowest BCUT2D eigenvalue weighted by Crippen LogP contribution is -2.25. The number of hydrogen-bond donors (Lipinski definition) is 2. The van der Waals surface area contributed by atoms with Crippen LogP contribution in [0.15, 0.2) is 24.3 Å². The van der Waals surface area contributed by atoms with Crippen molar-refractivity contribution in [1.29, 1.82) is 0 Å². The number of rotatable bonds is 4. The molecule has 1 saturated carbocycles. The third kappa shape index (κ3) is 2.72. The smallest absolute Gasteiger partial charge is 0.0383 e. The molecule has 2 nitrogen and oxygen atoms in total. The lowest BCUT2D eigenvalue weighted by Gasteiger charge is -2.14. The molecule has 1 fully saturated rings. The van der Waals surface area contributed by atoms with E-state index in [1.165, 1.54) is 36.9 Å². The zero-order chi connectivity index (χ0) is 10.5. The monoisotopic (exact) mass is 204 g/mol. The summed E-state index contributed by atoms with van der Waals surface area (Å²) in [7, 11) is 1.98. The van der Waals surface area contributed by atoms with Crippen LogP contribution in [0.4, 0.5) is 5.69 Å². The zero-order valence-corrected chi connectivity index (χ0v) is 9.42. The van der Waals surface area contributed by atoms with Gasteiger partial charge in [-0.3, -0.25) is 0 Å². The Kier molecular flexibility index (Phi) is 3.62. The summed E-state index contributed by atoms with van der Waals surface area (Å²) in [6.07, 6.45) is 5.49. The van der Waals surface area contributed by atoms with E-state index in [-0.39, 0.29) is 0 Å². The van der Waals surface area contributed by atoms with E-state index < -0.39 is 0 Å². The van der Waals surface area contributed by atoms with Gasteiger partial charge in [0.25, 0.3) is 0 Å². The maximum Gasteiger partial charge on any atom is 0.0383 e. The normalized spacial score (nSPS) is 16.9. The van der Waals surface area contributed by atoms with Crippen molar-refractivity contribution in [2.45, 2.75) is 38.3 Å². The minimum atomic E-state index is 0.745.